The number of nitrogens with one attached hydrogen (secondary N) is 2. The Kier molecular flexibility index (Phi) is 4.60. The van der Waals surface area contributed by atoms with E-state index in [1.807, 2.05) is 18.2 Å². The highest BCUT2D eigenvalue weighted by atomic mass is 19.1. The number of nitrogens with zero attached hydrogens (tertiary/aromatic N) is 2. The molecule has 6 nitrogen and oxygen atoms in total. The van der Waals surface area contributed by atoms with Crippen LogP contribution in [0.3, 0.4) is 0 Å². The highest BCUT2D eigenvalue weighted by molar-refractivity contribution is 5.98. The van der Waals surface area contributed by atoms with Gasteiger partial charge in [0.1, 0.15) is 11.5 Å². The molecular formula is C20H19FN4O2. The Balaban J connectivity index is 1.91. The molecular weight excluding hydrogens is 347 g/mol. The molecule has 1 aromatic heterocycles. The maximum Gasteiger partial charge on any atom is 0.331 e. The van der Waals surface area contributed by atoms with E-state index in [2.05, 4.69) is 10.3 Å². The molecule has 0 saturated carbocycles. The van der Waals surface area contributed by atoms with Crippen LogP contribution in [0.15, 0.2) is 59.4 Å². The zero-order valence-electron chi connectivity index (χ0n) is 14.6. The normalized spacial score (nSPS) is 14.3. The number of piperazine rings is 1. The number of aromatic amines is 1. The van der Waals surface area contributed by atoms with Gasteiger partial charge < -0.3 is 15.2 Å². The Morgan fingerprint density at radius 3 is 2.44 bits per heavy atom. The van der Waals surface area contributed by atoms with Gasteiger partial charge in [0.05, 0.1) is 11.4 Å². The molecule has 0 atom stereocenters. The van der Waals surface area contributed by atoms with Crippen molar-refractivity contribution in [3.63, 3.8) is 0 Å². The summed E-state index contributed by atoms with van der Waals surface area (Å²) in [5.41, 5.74) is 1.19. The Labute approximate surface area is 155 Å². The van der Waals surface area contributed by atoms with Crippen LogP contribution < -0.4 is 11.0 Å². The molecule has 1 amide bonds. The molecule has 4 rings (SSSR count). The summed E-state index contributed by atoms with van der Waals surface area (Å²) in [6.07, 6.45) is 0. The quantitative estimate of drug-likeness (QED) is 0.745. The van der Waals surface area contributed by atoms with Gasteiger partial charge in [0.15, 0.2) is 0 Å². The molecule has 0 radical (unpaired) electrons. The van der Waals surface area contributed by atoms with E-state index in [0.29, 0.717) is 43.1 Å². The summed E-state index contributed by atoms with van der Waals surface area (Å²) in [7, 11) is 0. The molecule has 1 aliphatic rings. The fourth-order valence-corrected chi connectivity index (χ4v) is 3.35. The molecule has 2 heterocycles. The van der Waals surface area contributed by atoms with Crippen LogP contribution in [0.1, 0.15) is 10.5 Å². The lowest BCUT2D eigenvalue weighted by Gasteiger charge is -2.27. The van der Waals surface area contributed by atoms with E-state index in [1.165, 1.54) is 16.7 Å². The summed E-state index contributed by atoms with van der Waals surface area (Å²) < 4.78 is 15.3. The van der Waals surface area contributed by atoms with Crippen LogP contribution in [0, 0.1) is 5.82 Å². The van der Waals surface area contributed by atoms with Gasteiger partial charge in [-0.2, -0.15) is 0 Å². The number of carbonyl (C=O) groups excluding carboxylic acids is 1. The number of hydrogen-bond acceptors (Lipinski definition) is 3. The zero-order chi connectivity index (χ0) is 18.8. The van der Waals surface area contributed by atoms with E-state index in [4.69, 9.17) is 0 Å². The Morgan fingerprint density at radius 2 is 1.74 bits per heavy atom. The first-order valence-corrected chi connectivity index (χ1v) is 8.81. The van der Waals surface area contributed by atoms with Crippen molar-refractivity contribution in [3.8, 4) is 16.9 Å². The van der Waals surface area contributed by atoms with Gasteiger partial charge in [-0.1, -0.05) is 30.3 Å². The van der Waals surface area contributed by atoms with Crippen LogP contribution in [0.2, 0.25) is 0 Å². The second-order valence-corrected chi connectivity index (χ2v) is 6.38. The van der Waals surface area contributed by atoms with Crippen molar-refractivity contribution in [2.24, 2.45) is 0 Å². The minimum Gasteiger partial charge on any atom is -0.335 e. The van der Waals surface area contributed by atoms with Crippen molar-refractivity contribution < 1.29 is 9.18 Å². The maximum absolute atomic E-state index is 13.9. The smallest absolute Gasteiger partial charge is 0.331 e. The molecule has 1 fully saturated rings. The SMILES string of the molecule is O=C(c1[nH]c(=O)n(-c2ccccc2)c1-c1cccc(F)c1)N1CCNCC1. The third kappa shape index (κ3) is 3.29. The largest absolute Gasteiger partial charge is 0.335 e. The third-order valence-electron chi connectivity index (χ3n) is 4.63. The number of imidazole rings is 1. The first kappa shape index (κ1) is 17.2. The predicted molar refractivity (Wildman–Crippen MR) is 101 cm³/mol. The summed E-state index contributed by atoms with van der Waals surface area (Å²) in [6, 6.07) is 14.9. The summed E-state index contributed by atoms with van der Waals surface area (Å²) in [5, 5.41) is 3.20. The molecule has 0 aliphatic carbocycles. The van der Waals surface area contributed by atoms with Gasteiger partial charge >= 0.3 is 5.69 Å². The monoisotopic (exact) mass is 366 g/mol. The molecule has 7 heteroatoms. The van der Waals surface area contributed by atoms with Crippen LogP contribution in [-0.4, -0.2) is 46.5 Å². The molecule has 27 heavy (non-hydrogen) atoms. The lowest BCUT2D eigenvalue weighted by molar-refractivity contribution is 0.0731. The topological polar surface area (TPSA) is 70.1 Å². The lowest BCUT2D eigenvalue weighted by atomic mass is 10.1. The molecule has 2 aromatic carbocycles. The Morgan fingerprint density at radius 1 is 1.00 bits per heavy atom. The Hall–Kier alpha value is -3.19. The predicted octanol–water partition coefficient (Wildman–Crippen LogP) is 2.02. The van der Waals surface area contributed by atoms with Crippen molar-refractivity contribution in [1.29, 1.82) is 0 Å². The molecule has 0 spiro atoms. The number of carbonyl (C=O) groups is 1. The third-order valence-corrected chi connectivity index (χ3v) is 4.63. The molecule has 1 aliphatic heterocycles. The zero-order valence-corrected chi connectivity index (χ0v) is 14.6. The standard InChI is InChI=1S/C20H19FN4O2/c21-15-6-4-5-14(13-15)18-17(19(26)24-11-9-22-10-12-24)23-20(27)25(18)16-7-2-1-3-8-16/h1-8,13,22H,9-12H2,(H,23,27). The van der Waals surface area contributed by atoms with E-state index in [1.54, 1.807) is 29.2 Å². The number of halogens is 1. The van der Waals surface area contributed by atoms with E-state index in [-0.39, 0.29) is 11.6 Å². The number of amides is 1. The second-order valence-electron chi connectivity index (χ2n) is 6.38. The fraction of sp³-hybridized carbons (Fsp3) is 0.200. The van der Waals surface area contributed by atoms with Crippen molar-refractivity contribution >= 4 is 5.91 Å². The average molecular weight is 366 g/mol. The minimum absolute atomic E-state index is 0.177. The molecule has 3 aromatic rings. The number of aromatic nitrogens is 2. The van der Waals surface area contributed by atoms with E-state index in [9.17, 15) is 14.0 Å². The van der Waals surface area contributed by atoms with Crippen molar-refractivity contribution in [2.75, 3.05) is 26.2 Å². The van der Waals surface area contributed by atoms with Gasteiger partial charge in [-0.3, -0.25) is 9.36 Å². The van der Waals surface area contributed by atoms with Gasteiger partial charge in [0, 0.05) is 31.7 Å². The molecule has 1 saturated heterocycles. The number of para-hydroxylation sites is 1. The number of benzene rings is 2. The van der Waals surface area contributed by atoms with E-state index >= 15 is 0 Å². The van der Waals surface area contributed by atoms with Crippen molar-refractivity contribution in [1.82, 2.24) is 19.8 Å². The van der Waals surface area contributed by atoms with Gasteiger partial charge in [0.25, 0.3) is 5.91 Å². The van der Waals surface area contributed by atoms with Crippen LogP contribution in [0.4, 0.5) is 4.39 Å². The average Bonchev–Trinajstić information content (AvgIpc) is 3.06. The number of rotatable bonds is 3. The summed E-state index contributed by atoms with van der Waals surface area (Å²) in [5.74, 6) is -0.691. The summed E-state index contributed by atoms with van der Waals surface area (Å²) in [6.45, 7) is 2.51. The highest BCUT2D eigenvalue weighted by Gasteiger charge is 2.27. The highest BCUT2D eigenvalue weighted by Crippen LogP contribution is 2.26. The van der Waals surface area contributed by atoms with Crippen molar-refractivity contribution in [2.45, 2.75) is 0 Å². The van der Waals surface area contributed by atoms with E-state index in [0.717, 1.165) is 0 Å². The van der Waals surface area contributed by atoms with E-state index < -0.39 is 11.5 Å². The van der Waals surface area contributed by atoms with Crippen LogP contribution in [0.5, 0.6) is 0 Å². The minimum atomic E-state index is -0.432. The van der Waals surface area contributed by atoms with Gasteiger partial charge in [-0.15, -0.1) is 0 Å². The fourth-order valence-electron chi connectivity index (χ4n) is 3.35. The molecule has 0 unspecified atom stereocenters. The lowest BCUT2D eigenvalue weighted by Crippen LogP contribution is -2.46. The van der Waals surface area contributed by atoms with Gasteiger partial charge in [0.2, 0.25) is 0 Å². The number of hydrogen-bond donors (Lipinski definition) is 2. The maximum atomic E-state index is 13.9. The van der Waals surface area contributed by atoms with Crippen LogP contribution in [0.25, 0.3) is 16.9 Å². The second kappa shape index (κ2) is 7.20. The molecule has 2 N–H and O–H groups in total. The first-order valence-electron chi connectivity index (χ1n) is 8.81. The first-order chi connectivity index (χ1) is 13.1. The van der Waals surface area contributed by atoms with Crippen LogP contribution in [-0.2, 0) is 0 Å². The van der Waals surface area contributed by atoms with Crippen molar-refractivity contribution in [3.05, 3.63) is 76.6 Å². The molecule has 0 bridgehead atoms. The number of H-pyrrole nitrogens is 1. The van der Waals surface area contributed by atoms with Gasteiger partial charge in [-0.25, -0.2) is 9.18 Å². The molecule has 138 valence electrons. The van der Waals surface area contributed by atoms with Gasteiger partial charge in [-0.05, 0) is 24.3 Å². The summed E-state index contributed by atoms with van der Waals surface area (Å²) in [4.78, 5) is 30.2. The Bertz CT molecular complexity index is 1020. The summed E-state index contributed by atoms with van der Waals surface area (Å²) >= 11 is 0. The van der Waals surface area contributed by atoms with Crippen LogP contribution >= 0.6 is 0 Å².